The van der Waals surface area contributed by atoms with Gasteiger partial charge in [-0.15, -0.1) is 0 Å². The van der Waals surface area contributed by atoms with E-state index in [1.165, 1.54) is 0 Å². The van der Waals surface area contributed by atoms with E-state index in [-0.39, 0.29) is 0 Å². The Labute approximate surface area is 273 Å². The lowest BCUT2D eigenvalue weighted by molar-refractivity contribution is 0.882. The zero-order valence-electron chi connectivity index (χ0n) is 26.8. The number of fused-ring (bicyclic) bond motifs is 8. The summed E-state index contributed by atoms with van der Waals surface area (Å²) in [5.74, 6) is 3.31. The van der Waals surface area contributed by atoms with Crippen LogP contribution in [0.3, 0.4) is 0 Å². The molecule has 236 valence electrons. The summed E-state index contributed by atoms with van der Waals surface area (Å²) in [6, 6.07) is 16.9. The van der Waals surface area contributed by atoms with Crippen LogP contribution in [0.5, 0.6) is 0 Å². The third kappa shape index (κ3) is 4.23. The van der Waals surface area contributed by atoms with E-state index < -0.39 is 0 Å². The number of hydrogen-bond acceptors (Lipinski definition) is 4. The molecule has 0 aliphatic carbocycles. The van der Waals surface area contributed by atoms with Crippen molar-refractivity contribution < 1.29 is 0 Å². The van der Waals surface area contributed by atoms with Crippen molar-refractivity contribution in [2.75, 3.05) is 0 Å². The second kappa shape index (κ2) is 10.5. The van der Waals surface area contributed by atoms with Crippen LogP contribution in [-0.4, -0.2) is 58.1 Å². The fourth-order valence-electron chi connectivity index (χ4n) is 6.72. The van der Waals surface area contributed by atoms with Gasteiger partial charge in [0.15, 0.2) is 0 Å². The Kier molecular flexibility index (Phi) is 6.06. The Hall–Kier alpha value is -6.56. The minimum atomic E-state index is 0.827. The molecule has 0 amide bonds. The van der Waals surface area contributed by atoms with Gasteiger partial charge in [0, 0.05) is 77.8 Å². The smallest absolute Gasteiger partial charge is 0.143 e. The topological polar surface area (TPSA) is 134 Å². The van der Waals surface area contributed by atoms with Crippen LogP contribution < -0.4 is 21.4 Å². The van der Waals surface area contributed by atoms with Gasteiger partial charge in [-0.25, -0.2) is 19.9 Å². The third-order valence-electron chi connectivity index (χ3n) is 9.08. The van der Waals surface area contributed by atoms with Gasteiger partial charge in [0.25, 0.3) is 0 Å². The van der Waals surface area contributed by atoms with Crippen LogP contribution in [-0.2, 0) is 28.2 Å². The molecule has 0 atom stereocenters. The van der Waals surface area contributed by atoms with Crippen molar-refractivity contribution in [3.8, 4) is 0 Å². The number of hydrogen-bond donors (Lipinski definition) is 4. The Morgan fingerprint density at radius 1 is 0.354 bits per heavy atom. The van der Waals surface area contributed by atoms with Gasteiger partial charge in [0.2, 0.25) is 0 Å². The summed E-state index contributed by atoms with van der Waals surface area (Å²) in [5.41, 5.74) is 7.42. The van der Waals surface area contributed by atoms with Crippen molar-refractivity contribution >= 4 is 22.3 Å². The van der Waals surface area contributed by atoms with Crippen LogP contribution in [0.15, 0.2) is 98.1 Å². The number of nitrogens with zero attached hydrogens (tertiary/aromatic N) is 8. The molecule has 48 heavy (non-hydrogen) atoms. The van der Waals surface area contributed by atoms with E-state index >= 15 is 0 Å². The second-order valence-corrected chi connectivity index (χ2v) is 12.1. The van der Waals surface area contributed by atoms with Crippen molar-refractivity contribution in [3.63, 3.8) is 0 Å². The third-order valence-corrected chi connectivity index (χ3v) is 9.08. The van der Waals surface area contributed by atoms with Crippen LogP contribution in [0.2, 0.25) is 0 Å². The van der Waals surface area contributed by atoms with E-state index in [0.29, 0.717) is 0 Å². The minimum Gasteiger partial charge on any atom is -0.354 e. The Morgan fingerprint density at radius 3 is 0.812 bits per heavy atom. The Balaban J connectivity index is 1.46. The summed E-state index contributed by atoms with van der Waals surface area (Å²) >= 11 is 0. The van der Waals surface area contributed by atoms with E-state index in [0.717, 1.165) is 89.8 Å². The van der Waals surface area contributed by atoms with Crippen LogP contribution in [0.4, 0.5) is 0 Å². The molecule has 0 radical (unpaired) electrons. The molecule has 8 aromatic heterocycles. The van der Waals surface area contributed by atoms with E-state index in [1.54, 1.807) is 0 Å². The molecular formula is C36H32N12. The van der Waals surface area contributed by atoms with Crippen molar-refractivity contribution in [2.45, 2.75) is 0 Å². The fourth-order valence-corrected chi connectivity index (χ4v) is 6.72. The number of imidazole rings is 4. The summed E-state index contributed by atoms with van der Waals surface area (Å²) in [5, 5.41) is 3.66. The fraction of sp³-hybridized carbons (Fsp3) is 0.111. The summed E-state index contributed by atoms with van der Waals surface area (Å²) < 4.78 is 8.13. The van der Waals surface area contributed by atoms with Crippen LogP contribution >= 0.6 is 0 Å². The van der Waals surface area contributed by atoms with Crippen molar-refractivity contribution in [2.24, 2.45) is 28.2 Å². The number of nitrogens with one attached hydrogen (secondary N) is 4. The lowest BCUT2D eigenvalue weighted by Gasteiger charge is -2.09. The highest BCUT2D eigenvalue weighted by atomic mass is 15.1. The van der Waals surface area contributed by atoms with E-state index in [9.17, 15) is 0 Å². The lowest BCUT2D eigenvalue weighted by atomic mass is 10.1. The van der Waals surface area contributed by atoms with Crippen LogP contribution in [0, 0.1) is 0 Å². The number of aryl methyl sites for hydroxylation is 4. The number of H-pyrrole nitrogens is 4. The first kappa shape index (κ1) is 27.7. The minimum absolute atomic E-state index is 0.827. The molecule has 4 N–H and O–H groups in total. The molecule has 1 aliphatic rings. The normalized spacial score (nSPS) is 13.2. The molecule has 0 saturated carbocycles. The van der Waals surface area contributed by atoms with Gasteiger partial charge in [0.1, 0.15) is 23.3 Å². The number of aromatic nitrogens is 12. The molecule has 1 aliphatic heterocycles. The predicted octanol–water partition coefficient (Wildman–Crippen LogP) is 1.24. The van der Waals surface area contributed by atoms with Crippen molar-refractivity contribution in [1.82, 2.24) is 58.1 Å². The summed E-state index contributed by atoms with van der Waals surface area (Å²) in [6.07, 6.45) is 15.1. The van der Waals surface area contributed by atoms with Gasteiger partial charge < -0.3 is 38.2 Å². The van der Waals surface area contributed by atoms with Crippen LogP contribution in [0.1, 0.15) is 46.1 Å². The molecule has 12 nitrogen and oxygen atoms in total. The van der Waals surface area contributed by atoms with Gasteiger partial charge in [-0.1, -0.05) is 0 Å². The molecule has 9 heterocycles. The molecule has 0 fully saturated rings. The first-order valence-corrected chi connectivity index (χ1v) is 15.6. The van der Waals surface area contributed by atoms with Gasteiger partial charge in [-0.3, -0.25) is 0 Å². The molecular weight excluding hydrogens is 600 g/mol. The molecule has 0 aromatic carbocycles. The number of aromatic amines is 4. The maximum absolute atomic E-state index is 4.78. The molecule has 0 spiro atoms. The SMILES string of the molecule is Cn1ccnc1C1=c2ccc([nH]2)=C(c2nccn2C)c2ccc([nH]2)C(c2nccn2C)=c2ccc([nH]2)=C(c2nccn2C)c2ccc1[nH]2. The molecule has 9 rings (SSSR count). The first-order valence-electron chi connectivity index (χ1n) is 15.6. The van der Waals surface area contributed by atoms with Gasteiger partial charge in [-0.2, -0.15) is 0 Å². The maximum Gasteiger partial charge on any atom is 0.143 e. The summed E-state index contributed by atoms with van der Waals surface area (Å²) in [7, 11) is 8.04. The second-order valence-electron chi connectivity index (χ2n) is 12.1. The van der Waals surface area contributed by atoms with E-state index in [1.807, 2.05) is 96.0 Å². The monoisotopic (exact) mass is 632 g/mol. The Morgan fingerprint density at radius 2 is 0.604 bits per heavy atom. The quantitative estimate of drug-likeness (QED) is 0.232. The molecule has 12 heteroatoms. The zero-order valence-corrected chi connectivity index (χ0v) is 26.8. The predicted molar refractivity (Wildman–Crippen MR) is 181 cm³/mol. The first-order chi connectivity index (χ1) is 23.4. The van der Waals surface area contributed by atoms with Crippen molar-refractivity contribution in [1.29, 1.82) is 0 Å². The highest BCUT2D eigenvalue weighted by molar-refractivity contribution is 5.81. The Bertz CT molecular complexity index is 2370. The summed E-state index contributed by atoms with van der Waals surface area (Å²) in [4.78, 5) is 34.1. The maximum atomic E-state index is 4.78. The average molecular weight is 633 g/mol. The van der Waals surface area contributed by atoms with Crippen molar-refractivity contribution in [3.05, 3.63) is 166 Å². The highest BCUT2D eigenvalue weighted by Crippen LogP contribution is 2.26. The van der Waals surface area contributed by atoms with E-state index in [2.05, 4.69) is 68.5 Å². The number of rotatable bonds is 4. The van der Waals surface area contributed by atoms with Gasteiger partial charge in [0.05, 0.1) is 66.5 Å². The van der Waals surface area contributed by atoms with Gasteiger partial charge >= 0.3 is 0 Å². The molecule has 0 saturated heterocycles. The van der Waals surface area contributed by atoms with Crippen LogP contribution in [0.25, 0.3) is 22.3 Å². The molecule has 8 bridgehead atoms. The molecule has 0 unspecified atom stereocenters. The summed E-state index contributed by atoms with van der Waals surface area (Å²) in [6.45, 7) is 0. The average Bonchev–Trinajstić information content (AvgIpc) is 3.91. The van der Waals surface area contributed by atoms with Gasteiger partial charge in [-0.05, 0) is 48.5 Å². The lowest BCUT2D eigenvalue weighted by Crippen LogP contribution is -2.21. The largest absolute Gasteiger partial charge is 0.354 e. The zero-order chi connectivity index (χ0) is 32.5. The molecule has 8 aromatic rings. The standard InChI is InChI=1S/C36H32N12/c1-45-17-13-37-33(45)29-21-5-7-23(41-21)30(34-38-14-18-46(34)2)25-9-11-27(43-25)32(36-40-16-20-48(36)4)28-12-10-26(44-28)31(24-8-6-22(29)42-24)35-39-15-19-47(35)3/h5-20,41-44H,1-4H3. The highest BCUT2D eigenvalue weighted by Gasteiger charge is 2.22. The van der Waals surface area contributed by atoms with E-state index in [4.69, 9.17) is 19.9 Å².